The van der Waals surface area contributed by atoms with Gasteiger partial charge in [0.2, 0.25) is 0 Å². The zero-order valence-corrected chi connectivity index (χ0v) is 11.2. The van der Waals surface area contributed by atoms with Gasteiger partial charge in [-0.2, -0.15) is 0 Å². The number of fused-ring (bicyclic) bond motifs is 1. The van der Waals surface area contributed by atoms with E-state index in [1.165, 1.54) is 5.52 Å². The lowest BCUT2D eigenvalue weighted by molar-refractivity contribution is 0.0696. The summed E-state index contributed by atoms with van der Waals surface area (Å²) in [7, 11) is 0. The molecule has 0 saturated carbocycles. The summed E-state index contributed by atoms with van der Waals surface area (Å²) in [6, 6.07) is 3.81. The third-order valence-corrected chi connectivity index (χ3v) is 3.49. The SMILES string of the molecule is CCCCn1ccc2c(C)c(C(=O)O)cc(C)c21. The molecule has 3 heteroatoms. The van der Waals surface area contributed by atoms with Crippen molar-refractivity contribution in [2.45, 2.75) is 40.2 Å². The first-order valence-corrected chi connectivity index (χ1v) is 6.38. The molecule has 0 amide bonds. The van der Waals surface area contributed by atoms with E-state index in [-0.39, 0.29) is 0 Å². The number of hydrogen-bond acceptors (Lipinski definition) is 1. The molecule has 0 radical (unpaired) electrons. The highest BCUT2D eigenvalue weighted by Gasteiger charge is 2.14. The largest absolute Gasteiger partial charge is 0.478 e. The Morgan fingerprint density at radius 1 is 1.39 bits per heavy atom. The van der Waals surface area contributed by atoms with Crippen LogP contribution in [-0.2, 0) is 6.54 Å². The van der Waals surface area contributed by atoms with Crippen LogP contribution in [0, 0.1) is 13.8 Å². The lowest BCUT2D eigenvalue weighted by atomic mass is 10.0. The van der Waals surface area contributed by atoms with Crippen molar-refractivity contribution in [1.82, 2.24) is 4.57 Å². The number of hydrogen-bond donors (Lipinski definition) is 1. The zero-order valence-electron chi connectivity index (χ0n) is 11.2. The Morgan fingerprint density at radius 3 is 2.72 bits per heavy atom. The summed E-state index contributed by atoms with van der Waals surface area (Å²) in [6.07, 6.45) is 4.36. The van der Waals surface area contributed by atoms with Crippen LogP contribution in [0.3, 0.4) is 0 Å². The molecule has 96 valence electrons. The second-order valence-electron chi connectivity index (χ2n) is 4.80. The highest BCUT2D eigenvalue weighted by Crippen LogP contribution is 2.27. The van der Waals surface area contributed by atoms with Crippen LogP contribution in [0.5, 0.6) is 0 Å². The fourth-order valence-corrected chi connectivity index (χ4v) is 2.49. The van der Waals surface area contributed by atoms with Crippen LogP contribution in [0.1, 0.15) is 41.3 Å². The lowest BCUT2D eigenvalue weighted by Crippen LogP contribution is -2.03. The minimum atomic E-state index is -0.848. The van der Waals surface area contributed by atoms with Crippen LogP contribution in [-0.4, -0.2) is 15.6 Å². The number of aromatic nitrogens is 1. The third kappa shape index (κ3) is 2.01. The lowest BCUT2D eigenvalue weighted by Gasteiger charge is -2.10. The summed E-state index contributed by atoms with van der Waals surface area (Å²) in [6.45, 7) is 7.03. The van der Waals surface area contributed by atoms with Gasteiger partial charge in [0, 0.05) is 18.1 Å². The van der Waals surface area contributed by atoms with Gasteiger partial charge < -0.3 is 9.67 Å². The summed E-state index contributed by atoms with van der Waals surface area (Å²) in [5.41, 5.74) is 3.48. The van der Waals surface area contributed by atoms with Crippen molar-refractivity contribution in [1.29, 1.82) is 0 Å². The minimum absolute atomic E-state index is 0.410. The van der Waals surface area contributed by atoms with Gasteiger partial charge in [-0.05, 0) is 43.5 Å². The number of aryl methyl sites for hydroxylation is 3. The topological polar surface area (TPSA) is 42.2 Å². The van der Waals surface area contributed by atoms with Gasteiger partial charge >= 0.3 is 5.97 Å². The van der Waals surface area contributed by atoms with Crippen LogP contribution < -0.4 is 0 Å². The molecule has 1 N–H and O–H groups in total. The first kappa shape index (κ1) is 12.7. The molecule has 1 aromatic heterocycles. The van der Waals surface area contributed by atoms with E-state index in [1.807, 2.05) is 19.9 Å². The second-order valence-corrected chi connectivity index (χ2v) is 4.80. The molecule has 18 heavy (non-hydrogen) atoms. The highest BCUT2D eigenvalue weighted by atomic mass is 16.4. The molecule has 2 aromatic rings. The number of carboxylic acids is 1. The number of unbranched alkanes of at least 4 members (excludes halogenated alkanes) is 1. The standard InChI is InChI=1S/C15H19NO2/c1-4-5-7-16-8-6-12-11(3)13(15(17)18)9-10(2)14(12)16/h6,8-9H,4-5,7H2,1-3H3,(H,17,18). The molecule has 1 heterocycles. The molecular weight excluding hydrogens is 226 g/mol. The van der Waals surface area contributed by atoms with E-state index in [0.29, 0.717) is 5.56 Å². The number of rotatable bonds is 4. The van der Waals surface area contributed by atoms with Gasteiger partial charge in [0.1, 0.15) is 0 Å². The monoisotopic (exact) mass is 245 g/mol. The van der Waals surface area contributed by atoms with E-state index < -0.39 is 5.97 Å². The predicted octanol–water partition coefficient (Wildman–Crippen LogP) is 3.76. The van der Waals surface area contributed by atoms with Crippen molar-refractivity contribution in [3.8, 4) is 0 Å². The van der Waals surface area contributed by atoms with Gasteiger partial charge in [0.05, 0.1) is 11.1 Å². The van der Waals surface area contributed by atoms with Crippen molar-refractivity contribution in [3.05, 3.63) is 35.0 Å². The maximum atomic E-state index is 11.2. The van der Waals surface area contributed by atoms with Crippen LogP contribution in [0.2, 0.25) is 0 Å². The normalized spacial score (nSPS) is 11.1. The van der Waals surface area contributed by atoms with E-state index in [2.05, 4.69) is 17.7 Å². The van der Waals surface area contributed by atoms with Crippen molar-refractivity contribution in [2.75, 3.05) is 0 Å². The van der Waals surface area contributed by atoms with Gasteiger partial charge in [0.25, 0.3) is 0 Å². The molecular formula is C15H19NO2. The molecule has 3 nitrogen and oxygen atoms in total. The Hall–Kier alpha value is -1.77. The molecule has 1 aromatic carbocycles. The first-order valence-electron chi connectivity index (χ1n) is 6.38. The summed E-state index contributed by atoms with van der Waals surface area (Å²) in [5.74, 6) is -0.848. The third-order valence-electron chi connectivity index (χ3n) is 3.49. The van der Waals surface area contributed by atoms with Gasteiger partial charge in [-0.15, -0.1) is 0 Å². The van der Waals surface area contributed by atoms with Crippen LogP contribution >= 0.6 is 0 Å². The Kier molecular flexibility index (Phi) is 3.41. The Balaban J connectivity index is 2.62. The van der Waals surface area contributed by atoms with Gasteiger partial charge in [-0.3, -0.25) is 0 Å². The number of benzene rings is 1. The number of aromatic carboxylic acids is 1. The van der Waals surface area contributed by atoms with Gasteiger partial charge in [-0.25, -0.2) is 4.79 Å². The molecule has 0 bridgehead atoms. The number of carboxylic acid groups (broad SMARTS) is 1. The molecule has 0 fully saturated rings. The molecule has 0 aliphatic heterocycles. The average Bonchev–Trinajstić information content (AvgIpc) is 2.75. The van der Waals surface area contributed by atoms with E-state index in [0.717, 1.165) is 35.9 Å². The molecule has 0 saturated heterocycles. The number of nitrogens with zero attached hydrogens (tertiary/aromatic N) is 1. The fourth-order valence-electron chi connectivity index (χ4n) is 2.49. The maximum absolute atomic E-state index is 11.2. The Bertz CT molecular complexity index is 596. The molecule has 0 spiro atoms. The second kappa shape index (κ2) is 4.84. The Morgan fingerprint density at radius 2 is 2.11 bits per heavy atom. The van der Waals surface area contributed by atoms with Gasteiger partial charge in [0.15, 0.2) is 0 Å². The van der Waals surface area contributed by atoms with E-state index in [4.69, 9.17) is 0 Å². The molecule has 2 rings (SSSR count). The average molecular weight is 245 g/mol. The summed E-state index contributed by atoms with van der Waals surface area (Å²) in [5, 5.41) is 10.2. The van der Waals surface area contributed by atoms with Crippen molar-refractivity contribution in [2.24, 2.45) is 0 Å². The molecule has 0 atom stereocenters. The minimum Gasteiger partial charge on any atom is -0.478 e. The fraction of sp³-hybridized carbons (Fsp3) is 0.400. The molecule has 0 aliphatic rings. The first-order chi connectivity index (χ1) is 8.56. The maximum Gasteiger partial charge on any atom is 0.335 e. The predicted molar refractivity (Wildman–Crippen MR) is 73.3 cm³/mol. The van der Waals surface area contributed by atoms with Crippen LogP contribution in [0.15, 0.2) is 18.3 Å². The zero-order chi connectivity index (χ0) is 13.3. The van der Waals surface area contributed by atoms with Gasteiger partial charge in [-0.1, -0.05) is 13.3 Å². The summed E-state index contributed by atoms with van der Waals surface area (Å²) in [4.78, 5) is 11.2. The molecule has 0 unspecified atom stereocenters. The highest BCUT2D eigenvalue weighted by molar-refractivity contribution is 5.98. The Labute approximate surface area is 107 Å². The van der Waals surface area contributed by atoms with Crippen molar-refractivity contribution >= 4 is 16.9 Å². The van der Waals surface area contributed by atoms with Crippen LogP contribution in [0.25, 0.3) is 10.9 Å². The van der Waals surface area contributed by atoms with Crippen LogP contribution in [0.4, 0.5) is 0 Å². The summed E-state index contributed by atoms with van der Waals surface area (Å²) < 4.78 is 2.23. The smallest absolute Gasteiger partial charge is 0.335 e. The quantitative estimate of drug-likeness (QED) is 0.891. The van der Waals surface area contributed by atoms with E-state index >= 15 is 0 Å². The summed E-state index contributed by atoms with van der Waals surface area (Å²) >= 11 is 0. The molecule has 0 aliphatic carbocycles. The van der Waals surface area contributed by atoms with Crippen molar-refractivity contribution in [3.63, 3.8) is 0 Å². The van der Waals surface area contributed by atoms with Crippen molar-refractivity contribution < 1.29 is 9.90 Å². The number of carbonyl (C=O) groups is 1. The van der Waals surface area contributed by atoms with E-state index in [1.54, 1.807) is 6.07 Å². The van der Waals surface area contributed by atoms with E-state index in [9.17, 15) is 9.90 Å².